The van der Waals surface area contributed by atoms with Crippen molar-refractivity contribution in [3.05, 3.63) is 18.2 Å². The Labute approximate surface area is 90.2 Å². The molecule has 0 saturated heterocycles. The number of fused-ring (bicyclic) bond motifs is 1. The molecule has 0 aliphatic carbocycles. The van der Waals surface area contributed by atoms with Crippen molar-refractivity contribution in [1.82, 2.24) is 0 Å². The van der Waals surface area contributed by atoms with Gasteiger partial charge in [-0.1, -0.05) is 6.07 Å². The van der Waals surface area contributed by atoms with E-state index in [1.54, 1.807) is 23.1 Å². The molecule has 0 fully saturated rings. The number of thiophene rings is 1. The summed E-state index contributed by atoms with van der Waals surface area (Å²) in [6.07, 6.45) is 1.96. The summed E-state index contributed by atoms with van der Waals surface area (Å²) in [6, 6.07) is 5.76. The second-order valence-corrected chi connectivity index (χ2v) is 5.17. The van der Waals surface area contributed by atoms with Crippen molar-refractivity contribution in [2.24, 2.45) is 0 Å². The van der Waals surface area contributed by atoms with Gasteiger partial charge in [-0.3, -0.25) is 0 Å². The molecule has 0 unspecified atom stereocenters. The van der Waals surface area contributed by atoms with Crippen LogP contribution in [0.15, 0.2) is 27.3 Å². The fourth-order valence-electron chi connectivity index (χ4n) is 1.21. The van der Waals surface area contributed by atoms with Gasteiger partial charge in [0, 0.05) is 10.3 Å². The summed E-state index contributed by atoms with van der Waals surface area (Å²) in [4.78, 5) is 0.929. The zero-order valence-electron chi connectivity index (χ0n) is 6.94. The molecule has 0 atom stereocenters. The molecule has 13 heavy (non-hydrogen) atoms. The van der Waals surface area contributed by atoms with Crippen LogP contribution in [0.5, 0.6) is 5.75 Å². The molecule has 1 aromatic carbocycles. The van der Waals surface area contributed by atoms with Crippen LogP contribution in [0.2, 0.25) is 0 Å². The molecule has 2 aromatic rings. The van der Waals surface area contributed by atoms with Crippen molar-refractivity contribution in [3.8, 4) is 5.75 Å². The number of aromatic hydroxyl groups is 1. The minimum absolute atomic E-state index is 0.392. The van der Waals surface area contributed by atoms with Crippen molar-refractivity contribution >= 4 is 45.8 Å². The van der Waals surface area contributed by atoms with Gasteiger partial charge in [-0.05, 0) is 18.4 Å². The SMILES string of the molecule is CSc1sc2c(S)cccc2c1O. The molecule has 1 aromatic heterocycles. The first-order valence-electron chi connectivity index (χ1n) is 3.71. The molecule has 0 spiro atoms. The van der Waals surface area contributed by atoms with E-state index in [1.807, 2.05) is 24.5 Å². The van der Waals surface area contributed by atoms with Crippen LogP contribution in [-0.4, -0.2) is 11.4 Å². The maximum atomic E-state index is 9.77. The van der Waals surface area contributed by atoms with Gasteiger partial charge in [0.1, 0.15) is 9.96 Å². The molecule has 0 radical (unpaired) electrons. The molecule has 68 valence electrons. The molecule has 0 aliphatic heterocycles. The third-order valence-electron chi connectivity index (χ3n) is 1.82. The van der Waals surface area contributed by atoms with Crippen LogP contribution >= 0.6 is 35.7 Å². The third-order valence-corrected chi connectivity index (χ3v) is 4.68. The quantitative estimate of drug-likeness (QED) is 0.574. The van der Waals surface area contributed by atoms with Gasteiger partial charge in [0.25, 0.3) is 0 Å². The summed E-state index contributed by atoms with van der Waals surface area (Å²) < 4.78 is 2.02. The number of hydrogen-bond donors (Lipinski definition) is 2. The molecular formula is C9H8OS3. The standard InChI is InChI=1S/C9H8OS3/c1-12-9-7(10)5-3-2-4-6(11)8(5)13-9/h2-4,10-11H,1H3. The Morgan fingerprint density at radius 1 is 1.46 bits per heavy atom. The van der Waals surface area contributed by atoms with E-state index in [-0.39, 0.29) is 0 Å². The van der Waals surface area contributed by atoms with E-state index < -0.39 is 0 Å². The largest absolute Gasteiger partial charge is 0.505 e. The van der Waals surface area contributed by atoms with Crippen LogP contribution in [-0.2, 0) is 0 Å². The van der Waals surface area contributed by atoms with Gasteiger partial charge in [-0.15, -0.1) is 35.7 Å². The Bertz CT molecular complexity index is 447. The van der Waals surface area contributed by atoms with Gasteiger partial charge in [0.05, 0.1) is 4.70 Å². The Hall–Kier alpha value is -0.320. The lowest BCUT2D eigenvalue weighted by Gasteiger charge is -1.92. The highest BCUT2D eigenvalue weighted by molar-refractivity contribution is 8.00. The van der Waals surface area contributed by atoms with E-state index in [2.05, 4.69) is 12.6 Å². The van der Waals surface area contributed by atoms with E-state index in [9.17, 15) is 5.11 Å². The molecular weight excluding hydrogens is 220 g/mol. The smallest absolute Gasteiger partial charge is 0.147 e. The van der Waals surface area contributed by atoms with E-state index >= 15 is 0 Å². The van der Waals surface area contributed by atoms with E-state index in [0.717, 1.165) is 19.2 Å². The monoisotopic (exact) mass is 228 g/mol. The van der Waals surface area contributed by atoms with Crippen molar-refractivity contribution < 1.29 is 5.11 Å². The Morgan fingerprint density at radius 3 is 2.85 bits per heavy atom. The minimum atomic E-state index is 0.392. The summed E-state index contributed by atoms with van der Waals surface area (Å²) in [7, 11) is 0. The zero-order chi connectivity index (χ0) is 9.42. The first-order valence-corrected chi connectivity index (χ1v) is 6.20. The van der Waals surface area contributed by atoms with Gasteiger partial charge >= 0.3 is 0 Å². The second kappa shape index (κ2) is 3.44. The highest BCUT2D eigenvalue weighted by Gasteiger charge is 2.11. The van der Waals surface area contributed by atoms with Crippen LogP contribution < -0.4 is 0 Å². The average Bonchev–Trinajstić information content (AvgIpc) is 2.45. The summed E-state index contributed by atoms with van der Waals surface area (Å²) >= 11 is 7.49. The van der Waals surface area contributed by atoms with Crippen LogP contribution in [0.1, 0.15) is 0 Å². The second-order valence-electron chi connectivity index (χ2n) is 2.60. The Morgan fingerprint density at radius 2 is 2.23 bits per heavy atom. The summed E-state index contributed by atoms with van der Waals surface area (Å²) in [5, 5.41) is 10.7. The lowest BCUT2D eigenvalue weighted by molar-refractivity contribution is 0.473. The maximum absolute atomic E-state index is 9.77. The maximum Gasteiger partial charge on any atom is 0.147 e. The molecule has 1 N–H and O–H groups in total. The molecule has 2 rings (SSSR count). The number of benzene rings is 1. The lowest BCUT2D eigenvalue weighted by atomic mass is 10.2. The van der Waals surface area contributed by atoms with Gasteiger partial charge < -0.3 is 5.11 Å². The highest BCUT2D eigenvalue weighted by atomic mass is 32.2. The Balaban J connectivity index is 2.83. The lowest BCUT2D eigenvalue weighted by Crippen LogP contribution is -1.66. The van der Waals surface area contributed by atoms with Crippen LogP contribution in [0.25, 0.3) is 10.1 Å². The first kappa shape index (κ1) is 9.24. The first-order chi connectivity index (χ1) is 6.24. The molecule has 0 amide bonds. The molecule has 4 heteroatoms. The number of thioether (sulfide) groups is 1. The Kier molecular flexibility index (Phi) is 2.45. The summed E-state index contributed by atoms with van der Waals surface area (Å²) in [6.45, 7) is 0. The predicted molar refractivity (Wildman–Crippen MR) is 62.5 cm³/mol. The van der Waals surface area contributed by atoms with Gasteiger partial charge in [-0.2, -0.15) is 0 Å². The topological polar surface area (TPSA) is 20.2 Å². The van der Waals surface area contributed by atoms with Crippen LogP contribution in [0.4, 0.5) is 0 Å². The van der Waals surface area contributed by atoms with E-state index in [1.165, 1.54) is 0 Å². The van der Waals surface area contributed by atoms with Crippen LogP contribution in [0.3, 0.4) is 0 Å². The predicted octanol–water partition coefficient (Wildman–Crippen LogP) is 3.62. The summed E-state index contributed by atoms with van der Waals surface area (Å²) in [5.41, 5.74) is 0. The molecule has 1 heterocycles. The number of hydrogen-bond acceptors (Lipinski definition) is 4. The third kappa shape index (κ3) is 1.43. The van der Waals surface area contributed by atoms with Crippen molar-refractivity contribution in [2.75, 3.05) is 6.26 Å². The normalized spacial score (nSPS) is 10.9. The van der Waals surface area contributed by atoms with E-state index in [4.69, 9.17) is 0 Å². The fraction of sp³-hybridized carbons (Fsp3) is 0.111. The van der Waals surface area contributed by atoms with Gasteiger partial charge in [0.15, 0.2) is 0 Å². The molecule has 0 aliphatic rings. The van der Waals surface area contributed by atoms with Crippen molar-refractivity contribution in [3.63, 3.8) is 0 Å². The number of thiol groups is 1. The van der Waals surface area contributed by atoms with Crippen molar-refractivity contribution in [2.45, 2.75) is 9.10 Å². The average molecular weight is 228 g/mol. The van der Waals surface area contributed by atoms with Gasteiger partial charge in [-0.25, -0.2) is 0 Å². The molecule has 0 saturated carbocycles. The minimum Gasteiger partial charge on any atom is -0.505 e. The van der Waals surface area contributed by atoms with Crippen molar-refractivity contribution in [1.29, 1.82) is 0 Å². The fourth-order valence-corrected chi connectivity index (χ4v) is 3.28. The molecule has 1 nitrogen and oxygen atoms in total. The highest BCUT2D eigenvalue weighted by Crippen LogP contribution is 2.44. The zero-order valence-corrected chi connectivity index (χ0v) is 9.47. The molecule has 0 bridgehead atoms. The van der Waals surface area contributed by atoms with Crippen LogP contribution in [0, 0.1) is 0 Å². The van der Waals surface area contributed by atoms with Gasteiger partial charge in [0.2, 0.25) is 0 Å². The summed E-state index contributed by atoms with van der Waals surface area (Å²) in [5.74, 6) is 0.392. The van der Waals surface area contributed by atoms with E-state index in [0.29, 0.717) is 5.75 Å². The number of rotatable bonds is 1.